The number of allylic oxidation sites excluding steroid dienone is 8. The molecule has 54 heavy (non-hydrogen) atoms. The third-order valence-corrected chi connectivity index (χ3v) is 9.16. The summed E-state index contributed by atoms with van der Waals surface area (Å²) in [5.74, 6) is -0.495. The molecule has 8 heteroatoms. The molecule has 0 heterocycles. The zero-order valence-electron chi connectivity index (χ0n) is 35.7. The molecule has 0 saturated heterocycles. The molecule has 0 radical (unpaired) electrons. The summed E-state index contributed by atoms with van der Waals surface area (Å²) < 4.78 is 17.1. The molecule has 0 spiro atoms. The van der Waals surface area contributed by atoms with Gasteiger partial charge in [0.25, 0.3) is 0 Å². The van der Waals surface area contributed by atoms with Gasteiger partial charge in [-0.15, -0.1) is 0 Å². The maximum absolute atomic E-state index is 12.8. The number of amides is 1. The van der Waals surface area contributed by atoms with Gasteiger partial charge in [0.05, 0.1) is 34.2 Å². The summed E-state index contributed by atoms with van der Waals surface area (Å²) in [4.78, 5) is 39.0. The van der Waals surface area contributed by atoms with Crippen LogP contribution in [0.5, 0.6) is 0 Å². The first-order chi connectivity index (χ1) is 26.2. The number of carbonyl (C=O) groups is 3. The Hall–Kier alpha value is -2.87. The summed E-state index contributed by atoms with van der Waals surface area (Å²) >= 11 is 0. The predicted octanol–water partition coefficient (Wildman–Crippen LogP) is 11.8. The molecule has 0 atom stereocenters. The van der Waals surface area contributed by atoms with Crippen molar-refractivity contribution in [1.82, 2.24) is 4.90 Å². The van der Waals surface area contributed by atoms with E-state index in [4.69, 9.17) is 14.2 Å². The first-order valence-electron chi connectivity index (χ1n) is 21.8. The maximum Gasteiger partial charge on any atom is 0.410 e. The highest BCUT2D eigenvalue weighted by Gasteiger charge is 2.18. The molecular formula is C46H83N2O6+. The van der Waals surface area contributed by atoms with Crippen LogP contribution in [0.25, 0.3) is 0 Å². The van der Waals surface area contributed by atoms with Gasteiger partial charge in [0.1, 0.15) is 26.4 Å². The van der Waals surface area contributed by atoms with E-state index in [9.17, 15) is 14.4 Å². The van der Waals surface area contributed by atoms with Crippen LogP contribution >= 0.6 is 0 Å². The van der Waals surface area contributed by atoms with Crippen molar-refractivity contribution in [3.05, 3.63) is 48.6 Å². The molecule has 8 nitrogen and oxygen atoms in total. The van der Waals surface area contributed by atoms with Crippen molar-refractivity contribution in [3.63, 3.8) is 0 Å². The Morgan fingerprint density at radius 1 is 0.463 bits per heavy atom. The van der Waals surface area contributed by atoms with Gasteiger partial charge < -0.3 is 23.6 Å². The molecule has 0 aromatic heterocycles. The second-order valence-corrected chi connectivity index (χ2v) is 15.5. The minimum atomic E-state index is -0.488. The molecule has 0 aromatic carbocycles. The average molecular weight is 760 g/mol. The molecule has 0 rings (SSSR count). The van der Waals surface area contributed by atoms with Crippen molar-refractivity contribution in [3.8, 4) is 0 Å². The van der Waals surface area contributed by atoms with Crippen LogP contribution in [0.2, 0.25) is 0 Å². The first-order valence-corrected chi connectivity index (χ1v) is 21.8. The molecule has 0 aliphatic carbocycles. The number of carbonyl (C=O) groups excluding carboxylic acids is 3. The molecule has 0 N–H and O–H groups in total. The van der Waals surface area contributed by atoms with E-state index >= 15 is 0 Å². The molecule has 0 unspecified atom stereocenters. The van der Waals surface area contributed by atoms with Gasteiger partial charge in [0.2, 0.25) is 0 Å². The van der Waals surface area contributed by atoms with Crippen LogP contribution in [0.15, 0.2) is 48.6 Å². The van der Waals surface area contributed by atoms with Crippen molar-refractivity contribution in [2.24, 2.45) is 0 Å². The molecular weight excluding hydrogens is 677 g/mol. The Balaban J connectivity index is 4.18. The van der Waals surface area contributed by atoms with E-state index in [-0.39, 0.29) is 44.8 Å². The second-order valence-electron chi connectivity index (χ2n) is 15.5. The van der Waals surface area contributed by atoms with Gasteiger partial charge in [-0.2, -0.15) is 0 Å². The van der Waals surface area contributed by atoms with E-state index in [1.807, 2.05) is 21.1 Å². The monoisotopic (exact) mass is 760 g/mol. The third kappa shape index (κ3) is 38.8. The standard InChI is InChI=1S/C46H83N2O6/c1-6-8-10-12-14-16-18-20-22-24-26-28-30-32-34-36-44(49)52-41-38-47(46(51)54-43-40-48(3,4)5)39-42-53-45(50)37-35-33-31-29-27-25-23-21-19-17-15-13-11-9-7-2/h14-17,20-23H,6-13,18-19,24-43H2,1-5H3/q+1/b16-14-,17-15-,22-20-,23-21-. The molecule has 312 valence electrons. The largest absolute Gasteiger partial charge is 0.464 e. The summed E-state index contributed by atoms with van der Waals surface area (Å²) in [6.07, 6.45) is 43.4. The van der Waals surface area contributed by atoms with E-state index in [2.05, 4.69) is 62.5 Å². The molecule has 0 aliphatic heterocycles. The smallest absolute Gasteiger partial charge is 0.410 e. The van der Waals surface area contributed by atoms with Crippen LogP contribution in [0.3, 0.4) is 0 Å². The summed E-state index contributed by atoms with van der Waals surface area (Å²) in [6.45, 7) is 5.98. The number of hydrogen-bond donors (Lipinski definition) is 0. The fourth-order valence-electron chi connectivity index (χ4n) is 5.64. The van der Waals surface area contributed by atoms with Crippen molar-refractivity contribution in [2.45, 2.75) is 168 Å². The molecule has 0 fully saturated rings. The van der Waals surface area contributed by atoms with E-state index in [1.165, 1.54) is 69.1 Å². The summed E-state index contributed by atoms with van der Waals surface area (Å²) in [7, 11) is 6.10. The van der Waals surface area contributed by atoms with Gasteiger partial charge in [0, 0.05) is 12.8 Å². The number of rotatable bonds is 37. The normalized spacial score (nSPS) is 12.1. The number of unbranched alkanes of at least 4 members (excludes halogenated alkanes) is 16. The molecule has 0 bridgehead atoms. The van der Waals surface area contributed by atoms with Gasteiger partial charge in [-0.1, -0.05) is 127 Å². The zero-order valence-corrected chi connectivity index (χ0v) is 35.7. The van der Waals surface area contributed by atoms with Gasteiger partial charge in [0.15, 0.2) is 0 Å². The summed E-state index contributed by atoms with van der Waals surface area (Å²) in [5.41, 5.74) is 0. The van der Waals surface area contributed by atoms with E-state index in [1.54, 1.807) is 0 Å². The van der Waals surface area contributed by atoms with Crippen LogP contribution in [0.1, 0.15) is 168 Å². The fraction of sp³-hybridized carbons (Fsp3) is 0.761. The highest BCUT2D eigenvalue weighted by atomic mass is 16.6. The van der Waals surface area contributed by atoms with Crippen molar-refractivity contribution < 1.29 is 33.1 Å². The highest BCUT2D eigenvalue weighted by molar-refractivity contribution is 5.70. The van der Waals surface area contributed by atoms with Crippen molar-refractivity contribution in [1.29, 1.82) is 0 Å². The Bertz CT molecular complexity index is 949. The lowest BCUT2D eigenvalue weighted by atomic mass is 10.1. The van der Waals surface area contributed by atoms with Crippen LogP contribution < -0.4 is 0 Å². The highest BCUT2D eigenvalue weighted by Crippen LogP contribution is 2.11. The molecule has 0 saturated carbocycles. The lowest BCUT2D eigenvalue weighted by molar-refractivity contribution is -0.870. The quantitative estimate of drug-likeness (QED) is 0.0206. The van der Waals surface area contributed by atoms with Crippen molar-refractivity contribution >= 4 is 18.0 Å². The lowest BCUT2D eigenvalue weighted by Crippen LogP contribution is -2.41. The topological polar surface area (TPSA) is 82.1 Å². The predicted molar refractivity (Wildman–Crippen MR) is 226 cm³/mol. The van der Waals surface area contributed by atoms with E-state index in [0.29, 0.717) is 23.9 Å². The van der Waals surface area contributed by atoms with Crippen LogP contribution in [0.4, 0.5) is 4.79 Å². The van der Waals surface area contributed by atoms with Gasteiger partial charge in [-0.25, -0.2) is 4.79 Å². The maximum atomic E-state index is 12.8. The number of quaternary nitrogens is 1. The number of ether oxygens (including phenoxy) is 3. The summed E-state index contributed by atoms with van der Waals surface area (Å²) in [6, 6.07) is 0. The summed E-state index contributed by atoms with van der Waals surface area (Å²) in [5, 5.41) is 0. The average Bonchev–Trinajstić information content (AvgIpc) is 3.13. The van der Waals surface area contributed by atoms with E-state index < -0.39 is 6.09 Å². The molecule has 0 aromatic rings. The number of likely N-dealkylation sites (N-methyl/N-ethyl adjacent to an activating group) is 1. The number of esters is 2. The van der Waals surface area contributed by atoms with Gasteiger partial charge in [-0.3, -0.25) is 9.59 Å². The molecule has 0 aliphatic rings. The first kappa shape index (κ1) is 51.1. The van der Waals surface area contributed by atoms with E-state index in [0.717, 1.165) is 77.0 Å². The Labute approximate surface area is 332 Å². The van der Waals surface area contributed by atoms with Crippen LogP contribution in [-0.2, 0) is 23.8 Å². The third-order valence-electron chi connectivity index (χ3n) is 9.16. The Kier molecular flexibility index (Phi) is 36.4. The zero-order chi connectivity index (χ0) is 39.8. The second kappa shape index (κ2) is 38.4. The Morgan fingerprint density at radius 3 is 1.22 bits per heavy atom. The minimum Gasteiger partial charge on any atom is -0.464 e. The fourth-order valence-corrected chi connectivity index (χ4v) is 5.64. The SMILES string of the molecule is CCCCC/C=C\C/C=C\CCCCCCCC(=O)OCCN(CCOC(=O)CCCCCCC/C=C\C/C=C\CCCCC)C(=O)OCC[N+](C)(C)C. The van der Waals surface area contributed by atoms with Gasteiger partial charge >= 0.3 is 18.0 Å². The van der Waals surface area contributed by atoms with Gasteiger partial charge in [-0.05, 0) is 77.0 Å². The molecule has 1 amide bonds. The van der Waals surface area contributed by atoms with Crippen LogP contribution in [0, 0.1) is 0 Å². The van der Waals surface area contributed by atoms with Crippen molar-refractivity contribution in [2.75, 3.05) is 60.6 Å². The lowest BCUT2D eigenvalue weighted by Gasteiger charge is -2.25. The van der Waals surface area contributed by atoms with Crippen LogP contribution in [-0.4, -0.2) is 88.0 Å². The minimum absolute atomic E-state index is 0.0867. The Morgan fingerprint density at radius 2 is 0.833 bits per heavy atom. The number of hydrogen-bond acceptors (Lipinski definition) is 6. The number of nitrogens with zero attached hydrogens (tertiary/aromatic N) is 2.